The molecule has 5 nitrogen and oxygen atoms in total. The van der Waals surface area contributed by atoms with Crippen LogP contribution in [-0.4, -0.2) is 33.3 Å². The number of pyridine rings is 1. The van der Waals surface area contributed by atoms with Gasteiger partial charge in [-0.2, -0.15) is 0 Å². The van der Waals surface area contributed by atoms with Crippen LogP contribution in [0.3, 0.4) is 0 Å². The summed E-state index contributed by atoms with van der Waals surface area (Å²) in [6, 6.07) is 15.4. The number of rotatable bonds is 3. The average Bonchev–Trinajstić information content (AvgIpc) is 2.98. The summed E-state index contributed by atoms with van der Waals surface area (Å²) in [5.41, 5.74) is 3.12. The van der Waals surface area contributed by atoms with Crippen LogP contribution in [0.15, 0.2) is 54.7 Å². The van der Waals surface area contributed by atoms with Crippen molar-refractivity contribution < 1.29 is 9.53 Å². The first-order valence-corrected chi connectivity index (χ1v) is 7.72. The van der Waals surface area contributed by atoms with E-state index in [1.807, 2.05) is 59.6 Å². The molecule has 3 heterocycles. The first kappa shape index (κ1) is 13.8. The highest BCUT2D eigenvalue weighted by Crippen LogP contribution is 2.20. The molecular formula is C18H17N3O2. The Morgan fingerprint density at radius 3 is 2.83 bits per heavy atom. The van der Waals surface area contributed by atoms with Crippen LogP contribution in [0, 0.1) is 0 Å². The van der Waals surface area contributed by atoms with Gasteiger partial charge in [0.15, 0.2) is 6.61 Å². The van der Waals surface area contributed by atoms with Crippen molar-refractivity contribution in [1.82, 2.24) is 14.3 Å². The van der Waals surface area contributed by atoms with Crippen molar-refractivity contribution in [2.75, 3.05) is 13.2 Å². The van der Waals surface area contributed by atoms with Crippen LogP contribution in [0.1, 0.15) is 11.4 Å². The number of fused-ring (bicyclic) bond motifs is 3. The van der Waals surface area contributed by atoms with E-state index in [9.17, 15) is 4.79 Å². The van der Waals surface area contributed by atoms with Crippen molar-refractivity contribution in [3.63, 3.8) is 0 Å². The molecule has 0 bridgehead atoms. The lowest BCUT2D eigenvalue weighted by Crippen LogP contribution is -2.39. The molecule has 2 aromatic heterocycles. The molecule has 0 saturated carbocycles. The number of amides is 1. The van der Waals surface area contributed by atoms with E-state index in [2.05, 4.69) is 9.38 Å². The third-order valence-electron chi connectivity index (χ3n) is 4.13. The minimum atomic E-state index is 0.00499. The van der Waals surface area contributed by atoms with Crippen LogP contribution in [-0.2, 0) is 17.8 Å². The third-order valence-corrected chi connectivity index (χ3v) is 4.13. The number of benzene rings is 1. The number of carbonyl (C=O) groups excluding carboxylic acids is 1. The van der Waals surface area contributed by atoms with E-state index >= 15 is 0 Å². The minimum Gasteiger partial charge on any atom is -0.484 e. The van der Waals surface area contributed by atoms with Gasteiger partial charge in [-0.25, -0.2) is 4.98 Å². The summed E-state index contributed by atoms with van der Waals surface area (Å²) >= 11 is 0. The smallest absolute Gasteiger partial charge is 0.260 e. The molecule has 0 unspecified atom stereocenters. The van der Waals surface area contributed by atoms with Crippen molar-refractivity contribution in [2.45, 2.75) is 13.0 Å². The second-order valence-corrected chi connectivity index (χ2v) is 5.60. The maximum Gasteiger partial charge on any atom is 0.260 e. The molecule has 1 amide bonds. The Hall–Kier alpha value is -2.82. The van der Waals surface area contributed by atoms with E-state index < -0.39 is 0 Å². The standard InChI is InChI=1S/C18H17N3O2/c22-18(13-23-14-6-2-1-3-7-14)20-11-9-15-16(12-20)21-10-5-4-8-17(21)19-15/h1-8,10H,9,11-13H2. The maximum absolute atomic E-state index is 12.4. The van der Waals surface area contributed by atoms with Crippen LogP contribution in [0.4, 0.5) is 0 Å². The van der Waals surface area contributed by atoms with Crippen molar-refractivity contribution in [2.24, 2.45) is 0 Å². The van der Waals surface area contributed by atoms with Gasteiger partial charge >= 0.3 is 0 Å². The zero-order chi connectivity index (χ0) is 15.6. The van der Waals surface area contributed by atoms with E-state index in [-0.39, 0.29) is 12.5 Å². The van der Waals surface area contributed by atoms with Crippen molar-refractivity contribution in [3.05, 3.63) is 66.1 Å². The van der Waals surface area contributed by atoms with E-state index in [0.29, 0.717) is 18.8 Å². The highest BCUT2D eigenvalue weighted by Gasteiger charge is 2.24. The van der Waals surface area contributed by atoms with Crippen LogP contribution < -0.4 is 4.74 Å². The fraction of sp³-hybridized carbons (Fsp3) is 0.222. The summed E-state index contributed by atoms with van der Waals surface area (Å²) in [4.78, 5) is 18.9. The lowest BCUT2D eigenvalue weighted by Gasteiger charge is -2.26. The minimum absolute atomic E-state index is 0.00499. The zero-order valence-electron chi connectivity index (χ0n) is 12.7. The molecule has 3 aromatic rings. The van der Waals surface area contributed by atoms with Crippen molar-refractivity contribution in [3.8, 4) is 5.75 Å². The molecule has 0 spiro atoms. The molecule has 0 atom stereocenters. The summed E-state index contributed by atoms with van der Waals surface area (Å²) in [6.45, 7) is 1.33. The van der Waals surface area contributed by atoms with Crippen LogP contribution in [0.2, 0.25) is 0 Å². The number of aromatic nitrogens is 2. The Morgan fingerprint density at radius 2 is 1.96 bits per heavy atom. The summed E-state index contributed by atoms with van der Waals surface area (Å²) in [6.07, 6.45) is 2.78. The monoisotopic (exact) mass is 307 g/mol. The zero-order valence-corrected chi connectivity index (χ0v) is 12.7. The van der Waals surface area contributed by atoms with Gasteiger partial charge in [0.25, 0.3) is 5.91 Å². The summed E-state index contributed by atoms with van der Waals surface area (Å²) in [5, 5.41) is 0. The number of hydrogen-bond donors (Lipinski definition) is 0. The Morgan fingerprint density at radius 1 is 1.13 bits per heavy atom. The quantitative estimate of drug-likeness (QED) is 0.746. The lowest BCUT2D eigenvalue weighted by molar-refractivity contribution is -0.134. The molecule has 1 aromatic carbocycles. The molecule has 0 aliphatic carbocycles. The van der Waals surface area contributed by atoms with Gasteiger partial charge in [0, 0.05) is 19.2 Å². The number of ether oxygens (including phenoxy) is 1. The second-order valence-electron chi connectivity index (χ2n) is 5.60. The van der Waals surface area contributed by atoms with Gasteiger partial charge in [0.1, 0.15) is 11.4 Å². The Labute approximate surface area is 134 Å². The van der Waals surface area contributed by atoms with Crippen LogP contribution in [0.25, 0.3) is 5.65 Å². The highest BCUT2D eigenvalue weighted by atomic mass is 16.5. The van der Waals surface area contributed by atoms with Gasteiger partial charge in [-0.1, -0.05) is 24.3 Å². The molecule has 1 aliphatic heterocycles. The first-order valence-electron chi connectivity index (χ1n) is 7.72. The van der Waals surface area contributed by atoms with Crippen molar-refractivity contribution in [1.29, 1.82) is 0 Å². The molecule has 116 valence electrons. The largest absolute Gasteiger partial charge is 0.484 e. The maximum atomic E-state index is 12.4. The normalized spacial score (nSPS) is 13.8. The number of imidazole rings is 1. The molecule has 23 heavy (non-hydrogen) atoms. The fourth-order valence-electron chi connectivity index (χ4n) is 2.93. The third kappa shape index (κ3) is 2.65. The van der Waals surface area contributed by atoms with Gasteiger partial charge in [0.2, 0.25) is 0 Å². The van der Waals surface area contributed by atoms with Crippen LogP contribution >= 0.6 is 0 Å². The lowest BCUT2D eigenvalue weighted by atomic mass is 10.1. The topological polar surface area (TPSA) is 46.8 Å². The highest BCUT2D eigenvalue weighted by molar-refractivity contribution is 5.78. The number of carbonyl (C=O) groups is 1. The molecule has 0 N–H and O–H groups in total. The van der Waals surface area contributed by atoms with E-state index in [1.54, 1.807) is 0 Å². The Kier molecular flexibility index (Phi) is 3.46. The molecule has 5 heteroatoms. The SMILES string of the molecule is O=C(COc1ccccc1)N1CCc2nc3ccccn3c2C1. The van der Waals surface area contributed by atoms with Gasteiger partial charge in [-0.05, 0) is 24.3 Å². The van der Waals surface area contributed by atoms with E-state index in [1.165, 1.54) is 0 Å². The summed E-state index contributed by atoms with van der Waals surface area (Å²) in [7, 11) is 0. The van der Waals surface area contributed by atoms with Gasteiger partial charge in [-0.15, -0.1) is 0 Å². The van der Waals surface area contributed by atoms with Crippen LogP contribution in [0.5, 0.6) is 5.75 Å². The Balaban J connectivity index is 1.48. The predicted molar refractivity (Wildman–Crippen MR) is 86.3 cm³/mol. The molecule has 0 fully saturated rings. The average molecular weight is 307 g/mol. The van der Waals surface area contributed by atoms with Gasteiger partial charge in [0.05, 0.1) is 17.9 Å². The molecular weight excluding hydrogens is 290 g/mol. The molecule has 4 rings (SSSR count). The predicted octanol–water partition coefficient (Wildman–Crippen LogP) is 2.30. The summed E-state index contributed by atoms with van der Waals surface area (Å²) < 4.78 is 7.63. The molecule has 0 radical (unpaired) electrons. The number of para-hydroxylation sites is 1. The van der Waals surface area contributed by atoms with Gasteiger partial charge in [-0.3, -0.25) is 4.79 Å². The number of hydrogen-bond acceptors (Lipinski definition) is 3. The fourth-order valence-corrected chi connectivity index (χ4v) is 2.93. The second kappa shape index (κ2) is 5.76. The van der Waals surface area contributed by atoms with Crippen molar-refractivity contribution >= 4 is 11.6 Å². The Bertz CT molecular complexity index is 842. The van der Waals surface area contributed by atoms with E-state index in [4.69, 9.17) is 4.74 Å². The number of nitrogens with zero attached hydrogens (tertiary/aromatic N) is 3. The molecule has 0 saturated heterocycles. The first-order chi connectivity index (χ1) is 11.3. The van der Waals surface area contributed by atoms with Gasteiger partial charge < -0.3 is 14.0 Å². The summed E-state index contributed by atoms with van der Waals surface area (Å²) in [5.74, 6) is 0.721. The van der Waals surface area contributed by atoms with E-state index in [0.717, 1.165) is 23.5 Å². The molecule has 1 aliphatic rings.